The molecule has 1 atom stereocenters. The zero-order valence-corrected chi connectivity index (χ0v) is 15.2. The van der Waals surface area contributed by atoms with Crippen molar-refractivity contribution in [3.63, 3.8) is 0 Å². The predicted octanol–water partition coefficient (Wildman–Crippen LogP) is 5.64. The normalized spacial score (nSPS) is 17.9. The van der Waals surface area contributed by atoms with Crippen LogP contribution in [0.25, 0.3) is 28.0 Å². The lowest BCUT2D eigenvalue weighted by Crippen LogP contribution is -2.41. The molecule has 0 aliphatic heterocycles. The van der Waals surface area contributed by atoms with Crippen LogP contribution in [-0.2, 0) is 5.60 Å². The van der Waals surface area contributed by atoms with Gasteiger partial charge in [-0.25, -0.2) is 4.68 Å². The van der Waals surface area contributed by atoms with Crippen LogP contribution in [0.15, 0.2) is 68.0 Å². The van der Waals surface area contributed by atoms with Crippen LogP contribution in [0, 0.1) is 0 Å². The van der Waals surface area contributed by atoms with Gasteiger partial charge < -0.3 is 5.11 Å². The monoisotopic (exact) mass is 402 g/mol. The Morgan fingerprint density at radius 1 is 1.18 bits per heavy atom. The first-order chi connectivity index (χ1) is 13.2. The molecule has 1 aliphatic carbocycles. The average Bonchev–Trinajstić information content (AvgIpc) is 3.24. The van der Waals surface area contributed by atoms with E-state index in [-0.39, 0.29) is 21.7 Å². The van der Waals surface area contributed by atoms with Crippen LogP contribution >= 0.6 is 11.6 Å². The van der Waals surface area contributed by atoms with Crippen molar-refractivity contribution in [1.82, 2.24) is 9.78 Å². The first-order valence-electron chi connectivity index (χ1n) is 8.28. The van der Waals surface area contributed by atoms with E-state index in [0.29, 0.717) is 22.4 Å². The van der Waals surface area contributed by atoms with E-state index in [4.69, 9.17) is 11.6 Å². The topological polar surface area (TPSA) is 38.0 Å². The largest absolute Gasteiger partial charge is 0.425 e. The number of aromatic nitrogens is 2. The lowest BCUT2D eigenvalue weighted by molar-refractivity contribution is -0.246. The van der Waals surface area contributed by atoms with E-state index in [2.05, 4.69) is 18.3 Å². The summed E-state index contributed by atoms with van der Waals surface area (Å²) in [7, 11) is 0. The van der Waals surface area contributed by atoms with Gasteiger partial charge in [-0.05, 0) is 34.9 Å². The molecule has 0 saturated carbocycles. The molecule has 142 valence electrons. The molecule has 0 fully saturated rings. The second-order valence-corrected chi connectivity index (χ2v) is 6.94. The van der Waals surface area contributed by atoms with Crippen molar-refractivity contribution in [2.75, 3.05) is 0 Å². The Labute approximate surface area is 164 Å². The van der Waals surface area contributed by atoms with Gasteiger partial charge in [0, 0.05) is 27.9 Å². The van der Waals surface area contributed by atoms with Gasteiger partial charge in [0.05, 0.1) is 11.9 Å². The maximum Gasteiger partial charge on any atom is 0.425 e. The van der Waals surface area contributed by atoms with Crippen molar-refractivity contribution in [2.45, 2.75) is 11.8 Å². The minimum absolute atomic E-state index is 0.0829. The molecule has 28 heavy (non-hydrogen) atoms. The highest BCUT2D eigenvalue weighted by molar-refractivity contribution is 6.31. The van der Waals surface area contributed by atoms with E-state index < -0.39 is 11.8 Å². The van der Waals surface area contributed by atoms with E-state index in [1.165, 1.54) is 35.2 Å². The third kappa shape index (κ3) is 2.45. The Hall–Kier alpha value is -2.83. The van der Waals surface area contributed by atoms with Gasteiger partial charge in [-0.2, -0.15) is 18.3 Å². The first-order valence-corrected chi connectivity index (χ1v) is 8.66. The van der Waals surface area contributed by atoms with Crippen LogP contribution in [0.2, 0.25) is 5.02 Å². The molecule has 3 aromatic rings. The summed E-state index contributed by atoms with van der Waals surface area (Å²) >= 11 is 6.16. The summed E-state index contributed by atoms with van der Waals surface area (Å²) in [5.74, 6) is 0. The lowest BCUT2D eigenvalue weighted by Gasteiger charge is -2.28. The van der Waals surface area contributed by atoms with Crippen molar-refractivity contribution in [3.05, 3.63) is 84.2 Å². The molecular weight excluding hydrogens is 389 g/mol. The minimum atomic E-state index is -4.92. The zero-order chi connectivity index (χ0) is 20.3. The number of benzene rings is 2. The summed E-state index contributed by atoms with van der Waals surface area (Å²) in [5, 5.41) is 15.1. The number of rotatable bonds is 3. The first kappa shape index (κ1) is 18.5. The second kappa shape index (κ2) is 6.09. The van der Waals surface area contributed by atoms with Crippen LogP contribution in [0.3, 0.4) is 0 Å². The van der Waals surface area contributed by atoms with Crippen molar-refractivity contribution in [2.24, 2.45) is 0 Å². The fourth-order valence-electron chi connectivity index (χ4n) is 3.59. The highest BCUT2D eigenvalue weighted by atomic mass is 35.5. The zero-order valence-electron chi connectivity index (χ0n) is 14.5. The molecular formula is C21H14ClF3N2O. The molecule has 1 aliphatic rings. The highest BCUT2D eigenvalue weighted by Gasteiger charge is 2.61. The lowest BCUT2D eigenvalue weighted by atomic mass is 9.89. The molecule has 2 aromatic carbocycles. The third-order valence-electron chi connectivity index (χ3n) is 4.91. The van der Waals surface area contributed by atoms with Crippen molar-refractivity contribution in [1.29, 1.82) is 0 Å². The molecule has 3 nitrogen and oxygen atoms in total. The average molecular weight is 403 g/mol. The Morgan fingerprint density at radius 2 is 1.89 bits per heavy atom. The summed E-state index contributed by atoms with van der Waals surface area (Å²) in [5.41, 5.74) is -1.57. The van der Waals surface area contributed by atoms with Crippen molar-refractivity contribution < 1.29 is 18.3 Å². The quantitative estimate of drug-likeness (QED) is 0.576. The fourth-order valence-corrected chi connectivity index (χ4v) is 3.81. The Bertz CT molecular complexity index is 1130. The van der Waals surface area contributed by atoms with E-state index >= 15 is 0 Å². The van der Waals surface area contributed by atoms with Crippen molar-refractivity contribution >= 4 is 17.3 Å². The second-order valence-electron chi connectivity index (χ2n) is 6.50. The highest BCUT2D eigenvalue weighted by Crippen LogP contribution is 2.57. The van der Waals surface area contributed by atoms with E-state index in [9.17, 15) is 18.3 Å². The van der Waals surface area contributed by atoms with Crippen LogP contribution in [0.4, 0.5) is 13.2 Å². The Balaban J connectivity index is 2.05. The number of fused-ring (bicyclic) bond motifs is 3. The number of halogens is 4. The Kier molecular flexibility index (Phi) is 4.03. The number of aliphatic hydroxyl groups is 1. The SMILES string of the molecule is C=CC(=C)n1cc(-c2cc(Cl)cc3c2-c2ccccc2C3(O)C(F)(F)F)cn1. The molecule has 0 saturated heterocycles. The summed E-state index contributed by atoms with van der Waals surface area (Å²) in [4.78, 5) is 0. The minimum Gasteiger partial charge on any atom is -0.372 e. The van der Waals surface area contributed by atoms with Crippen molar-refractivity contribution in [3.8, 4) is 22.3 Å². The van der Waals surface area contributed by atoms with Gasteiger partial charge >= 0.3 is 6.18 Å². The number of hydrogen-bond donors (Lipinski definition) is 1. The maximum atomic E-state index is 14.0. The standard InChI is InChI=1S/C21H14ClF3N2O/c1-3-12(2)27-11-13(10-26-27)16-8-14(22)9-18-19(16)15-6-4-5-7-17(15)20(18,28)21(23,24)25/h3-11,28H,1-2H2. The van der Waals surface area contributed by atoms with Crippen LogP contribution in [0.5, 0.6) is 0 Å². The molecule has 0 spiro atoms. The molecule has 0 bridgehead atoms. The molecule has 4 rings (SSSR count). The van der Waals surface area contributed by atoms with Gasteiger partial charge in [0.25, 0.3) is 0 Å². The number of nitrogens with zero attached hydrogens (tertiary/aromatic N) is 2. The smallest absolute Gasteiger partial charge is 0.372 e. The van der Waals surface area contributed by atoms with E-state index in [1.807, 2.05) is 0 Å². The van der Waals surface area contributed by atoms with Gasteiger partial charge in [-0.15, -0.1) is 0 Å². The molecule has 1 aromatic heterocycles. The van der Waals surface area contributed by atoms with Gasteiger partial charge in [0.2, 0.25) is 5.60 Å². The molecule has 1 heterocycles. The fraction of sp³-hybridized carbons (Fsp3) is 0.0952. The molecule has 0 radical (unpaired) electrons. The maximum absolute atomic E-state index is 14.0. The van der Waals surface area contributed by atoms with Gasteiger partial charge in [0.1, 0.15) is 0 Å². The number of allylic oxidation sites excluding steroid dienone is 2. The molecule has 0 amide bonds. The van der Waals surface area contributed by atoms with Crippen LogP contribution in [0.1, 0.15) is 11.1 Å². The summed E-state index contributed by atoms with van der Waals surface area (Å²) in [6, 6.07) is 8.67. The molecule has 1 unspecified atom stereocenters. The third-order valence-corrected chi connectivity index (χ3v) is 5.13. The summed E-state index contributed by atoms with van der Waals surface area (Å²) < 4.78 is 43.4. The van der Waals surface area contributed by atoms with Gasteiger partial charge in [-0.3, -0.25) is 0 Å². The van der Waals surface area contributed by atoms with Gasteiger partial charge in [0.15, 0.2) is 0 Å². The summed E-state index contributed by atoms with van der Waals surface area (Å²) in [6.45, 7) is 7.43. The number of hydrogen-bond acceptors (Lipinski definition) is 2. The van der Waals surface area contributed by atoms with Crippen LogP contribution < -0.4 is 0 Å². The van der Waals surface area contributed by atoms with E-state index in [0.717, 1.165) is 0 Å². The predicted molar refractivity (Wildman–Crippen MR) is 103 cm³/mol. The van der Waals surface area contributed by atoms with Gasteiger partial charge in [-0.1, -0.05) is 49.0 Å². The summed E-state index contributed by atoms with van der Waals surface area (Å²) in [6.07, 6.45) is -0.272. The Morgan fingerprint density at radius 3 is 2.57 bits per heavy atom. The van der Waals surface area contributed by atoms with E-state index in [1.54, 1.807) is 24.4 Å². The molecule has 7 heteroatoms. The number of alkyl halides is 3. The molecule has 1 N–H and O–H groups in total. The van der Waals surface area contributed by atoms with Crippen LogP contribution in [-0.4, -0.2) is 21.1 Å².